The summed E-state index contributed by atoms with van der Waals surface area (Å²) in [4.78, 5) is 8.48. The summed E-state index contributed by atoms with van der Waals surface area (Å²) in [5.74, 6) is 0. The van der Waals surface area contributed by atoms with Crippen molar-refractivity contribution in [3.05, 3.63) is 17.5 Å². The smallest absolute Gasteiger partial charge is 0.186 e. The van der Waals surface area contributed by atoms with E-state index in [0.29, 0.717) is 0 Å². The Morgan fingerprint density at radius 1 is 1.35 bits per heavy atom. The first kappa shape index (κ1) is 12.3. The molecule has 4 rings (SSSR count). The van der Waals surface area contributed by atoms with Crippen LogP contribution in [0.2, 0.25) is 0 Å². The minimum atomic E-state index is 0.103. The van der Waals surface area contributed by atoms with Gasteiger partial charge in [-0.3, -0.25) is 5.10 Å². The second kappa shape index (κ2) is 4.30. The molecule has 2 aromatic heterocycles. The number of nitrogens with zero attached hydrogens (tertiary/aromatic N) is 3. The van der Waals surface area contributed by atoms with Crippen LogP contribution in [0.25, 0.3) is 10.6 Å². The van der Waals surface area contributed by atoms with E-state index < -0.39 is 0 Å². The first-order valence-corrected chi connectivity index (χ1v) is 7.83. The van der Waals surface area contributed by atoms with Crippen molar-refractivity contribution in [3.8, 4) is 10.6 Å². The Hall–Kier alpha value is -1.40. The van der Waals surface area contributed by atoms with Crippen molar-refractivity contribution in [2.24, 2.45) is 0 Å². The molecule has 3 heterocycles. The van der Waals surface area contributed by atoms with E-state index in [1.165, 1.54) is 16.1 Å². The van der Waals surface area contributed by atoms with Crippen molar-refractivity contribution >= 4 is 16.5 Å². The van der Waals surface area contributed by atoms with Crippen LogP contribution in [0.5, 0.6) is 0 Å². The van der Waals surface area contributed by atoms with Crippen LogP contribution >= 0.6 is 11.3 Å². The Morgan fingerprint density at radius 2 is 2.15 bits per heavy atom. The molecule has 0 aromatic carbocycles. The lowest BCUT2D eigenvalue weighted by Gasteiger charge is -2.28. The van der Waals surface area contributed by atoms with Crippen molar-refractivity contribution in [2.45, 2.75) is 25.7 Å². The Morgan fingerprint density at radius 3 is 2.95 bits per heavy atom. The maximum Gasteiger partial charge on any atom is 0.186 e. The van der Waals surface area contributed by atoms with Gasteiger partial charge in [-0.05, 0) is 5.41 Å². The third kappa shape index (κ3) is 1.78. The van der Waals surface area contributed by atoms with Crippen LogP contribution in [0.15, 0.2) is 6.20 Å². The van der Waals surface area contributed by atoms with Crippen molar-refractivity contribution in [1.82, 2.24) is 15.2 Å². The van der Waals surface area contributed by atoms with Crippen molar-refractivity contribution in [1.29, 1.82) is 0 Å². The summed E-state index contributed by atoms with van der Waals surface area (Å²) in [6.45, 7) is 7.99. The molecule has 0 unspecified atom stereocenters. The second-order valence-electron chi connectivity index (χ2n) is 6.09. The van der Waals surface area contributed by atoms with Crippen LogP contribution in [0.1, 0.15) is 25.1 Å². The molecule has 1 saturated heterocycles. The molecular weight excluding hydrogens is 272 g/mol. The number of aromatic nitrogens is 3. The van der Waals surface area contributed by atoms with Crippen LogP contribution in [0.3, 0.4) is 0 Å². The molecule has 6 heteroatoms. The van der Waals surface area contributed by atoms with Crippen LogP contribution < -0.4 is 4.90 Å². The van der Waals surface area contributed by atoms with Gasteiger partial charge in [-0.15, -0.1) is 0 Å². The van der Waals surface area contributed by atoms with Crippen LogP contribution in [0, 0.1) is 0 Å². The number of ether oxygens (including phenoxy) is 1. The van der Waals surface area contributed by atoms with E-state index in [1.807, 2.05) is 6.20 Å². The number of hydrogen-bond acceptors (Lipinski definition) is 5. The average Bonchev–Trinajstić information content (AvgIpc) is 3.05. The summed E-state index contributed by atoms with van der Waals surface area (Å²) in [7, 11) is 0. The van der Waals surface area contributed by atoms with E-state index in [9.17, 15) is 0 Å². The van der Waals surface area contributed by atoms with Gasteiger partial charge in [-0.2, -0.15) is 5.10 Å². The van der Waals surface area contributed by atoms with Gasteiger partial charge < -0.3 is 9.64 Å². The third-order valence-electron chi connectivity index (χ3n) is 4.17. The molecule has 1 aliphatic carbocycles. The molecule has 106 valence electrons. The Kier molecular flexibility index (Phi) is 2.65. The van der Waals surface area contributed by atoms with Crippen LogP contribution in [-0.2, 0) is 16.6 Å². The fraction of sp³-hybridized carbons (Fsp3) is 0.571. The molecule has 5 nitrogen and oxygen atoms in total. The molecule has 1 aliphatic heterocycles. The standard InChI is InChI=1S/C14H18N4OS/c1-14(2)7-10-12(11-9(14)8-15-17-11)20-13(16-10)18-3-5-19-6-4-18/h8H,3-7H2,1-2H3,(H,15,17). The fourth-order valence-electron chi connectivity index (χ4n) is 3.03. The van der Waals surface area contributed by atoms with Gasteiger partial charge in [0.2, 0.25) is 0 Å². The van der Waals surface area contributed by atoms with E-state index in [-0.39, 0.29) is 5.41 Å². The molecule has 1 fully saturated rings. The summed E-state index contributed by atoms with van der Waals surface area (Å²) < 4.78 is 5.42. The molecule has 0 saturated carbocycles. The summed E-state index contributed by atoms with van der Waals surface area (Å²) in [5, 5.41) is 8.53. The molecule has 0 amide bonds. The zero-order valence-electron chi connectivity index (χ0n) is 11.8. The molecule has 20 heavy (non-hydrogen) atoms. The summed E-state index contributed by atoms with van der Waals surface area (Å²) >= 11 is 1.78. The lowest BCUT2D eigenvalue weighted by molar-refractivity contribution is 0.122. The highest BCUT2D eigenvalue weighted by molar-refractivity contribution is 7.19. The van der Waals surface area contributed by atoms with Gasteiger partial charge in [0.05, 0.1) is 35.7 Å². The van der Waals surface area contributed by atoms with Crippen molar-refractivity contribution < 1.29 is 4.74 Å². The quantitative estimate of drug-likeness (QED) is 0.875. The Bertz CT molecular complexity index is 639. The maximum absolute atomic E-state index is 5.42. The molecule has 0 bridgehead atoms. The summed E-state index contributed by atoms with van der Waals surface area (Å²) in [6.07, 6.45) is 2.95. The van der Waals surface area contributed by atoms with E-state index >= 15 is 0 Å². The molecule has 1 N–H and O–H groups in total. The molecule has 0 spiro atoms. The van der Waals surface area contributed by atoms with Gasteiger partial charge in [-0.1, -0.05) is 25.2 Å². The molecule has 0 atom stereocenters. The zero-order chi connectivity index (χ0) is 13.7. The number of fused-ring (bicyclic) bond motifs is 3. The number of nitrogens with one attached hydrogen (secondary N) is 1. The number of aromatic amines is 1. The normalized spacial score (nSPS) is 20.6. The zero-order valence-corrected chi connectivity index (χ0v) is 12.6. The van der Waals surface area contributed by atoms with Gasteiger partial charge >= 0.3 is 0 Å². The fourth-order valence-corrected chi connectivity index (χ4v) is 4.17. The highest BCUT2D eigenvalue weighted by Crippen LogP contribution is 2.45. The van der Waals surface area contributed by atoms with Gasteiger partial charge in [0.1, 0.15) is 0 Å². The molecule has 2 aromatic rings. The molecule has 0 radical (unpaired) electrons. The van der Waals surface area contributed by atoms with E-state index in [0.717, 1.165) is 43.5 Å². The van der Waals surface area contributed by atoms with Gasteiger partial charge in [0.15, 0.2) is 5.13 Å². The first-order chi connectivity index (χ1) is 9.65. The predicted molar refractivity (Wildman–Crippen MR) is 79.5 cm³/mol. The maximum atomic E-state index is 5.42. The summed E-state index contributed by atoms with van der Waals surface area (Å²) in [6, 6.07) is 0. The lowest BCUT2D eigenvalue weighted by Crippen LogP contribution is -2.36. The monoisotopic (exact) mass is 290 g/mol. The Balaban J connectivity index is 1.77. The number of hydrogen-bond donors (Lipinski definition) is 1. The van der Waals surface area contributed by atoms with Gasteiger partial charge in [0, 0.05) is 25.1 Å². The minimum Gasteiger partial charge on any atom is -0.378 e. The van der Waals surface area contributed by atoms with E-state index in [1.54, 1.807) is 11.3 Å². The average molecular weight is 290 g/mol. The number of thiazole rings is 1. The highest BCUT2D eigenvalue weighted by Gasteiger charge is 2.35. The summed E-state index contributed by atoms with van der Waals surface area (Å²) in [5.41, 5.74) is 3.78. The number of anilines is 1. The van der Waals surface area contributed by atoms with Crippen LogP contribution in [-0.4, -0.2) is 41.5 Å². The number of H-pyrrole nitrogens is 1. The lowest BCUT2D eigenvalue weighted by atomic mass is 9.77. The topological polar surface area (TPSA) is 54.0 Å². The van der Waals surface area contributed by atoms with Crippen molar-refractivity contribution in [3.63, 3.8) is 0 Å². The third-order valence-corrected chi connectivity index (χ3v) is 5.35. The molecular formula is C14H18N4OS. The number of morpholine rings is 1. The Labute approximate surface area is 122 Å². The largest absolute Gasteiger partial charge is 0.378 e. The molecule has 2 aliphatic rings. The predicted octanol–water partition coefficient (Wildman–Crippen LogP) is 2.20. The highest BCUT2D eigenvalue weighted by atomic mass is 32.1. The van der Waals surface area contributed by atoms with E-state index in [4.69, 9.17) is 9.72 Å². The number of rotatable bonds is 1. The first-order valence-electron chi connectivity index (χ1n) is 7.02. The van der Waals surface area contributed by atoms with E-state index in [2.05, 4.69) is 28.9 Å². The van der Waals surface area contributed by atoms with Crippen LogP contribution in [0.4, 0.5) is 5.13 Å². The minimum absolute atomic E-state index is 0.103. The van der Waals surface area contributed by atoms with Crippen molar-refractivity contribution in [2.75, 3.05) is 31.2 Å². The SMILES string of the molecule is CC1(C)Cc2nc(N3CCOCC3)sc2-c2[nH]ncc21. The van der Waals surface area contributed by atoms with Gasteiger partial charge in [-0.25, -0.2) is 4.98 Å². The second-order valence-corrected chi connectivity index (χ2v) is 7.07. The van der Waals surface area contributed by atoms with Gasteiger partial charge in [0.25, 0.3) is 0 Å².